The third-order valence-electron chi connectivity index (χ3n) is 3.99. The van der Waals surface area contributed by atoms with Crippen LogP contribution in [0.2, 0.25) is 0 Å². The van der Waals surface area contributed by atoms with Gasteiger partial charge in [-0.05, 0) is 59.0 Å². The molecule has 0 bridgehead atoms. The van der Waals surface area contributed by atoms with Gasteiger partial charge in [0.1, 0.15) is 12.1 Å². The number of azo groups is 1. The molecule has 0 fully saturated rings. The van der Waals surface area contributed by atoms with Gasteiger partial charge in [-0.25, -0.2) is 4.68 Å². The van der Waals surface area contributed by atoms with Gasteiger partial charge in [-0.3, -0.25) is 4.79 Å². The van der Waals surface area contributed by atoms with Crippen molar-refractivity contribution in [1.29, 1.82) is 0 Å². The predicted octanol–water partition coefficient (Wildman–Crippen LogP) is 4.10. The summed E-state index contributed by atoms with van der Waals surface area (Å²) < 4.78 is 7.07. The SMILES string of the molecule is O=C(COc1cccc(-n2cnnn2)c1)Nc1ccc(N=Nc2ccccc2)cc1. The number of anilines is 1. The molecule has 1 amide bonds. The van der Waals surface area contributed by atoms with E-state index < -0.39 is 0 Å². The van der Waals surface area contributed by atoms with E-state index in [4.69, 9.17) is 4.74 Å². The molecular weight excluding hydrogens is 382 g/mol. The largest absolute Gasteiger partial charge is 0.484 e. The number of carbonyl (C=O) groups is 1. The number of carbonyl (C=O) groups excluding carboxylic acids is 1. The first-order valence-electron chi connectivity index (χ1n) is 9.09. The monoisotopic (exact) mass is 399 g/mol. The molecule has 0 saturated carbocycles. The minimum absolute atomic E-state index is 0.130. The number of amides is 1. The molecule has 0 aliphatic heterocycles. The Morgan fingerprint density at radius 3 is 2.43 bits per heavy atom. The molecule has 4 rings (SSSR count). The van der Waals surface area contributed by atoms with Gasteiger partial charge in [0.2, 0.25) is 0 Å². The molecule has 9 heteroatoms. The summed E-state index contributed by atoms with van der Waals surface area (Å²) in [6.07, 6.45) is 1.48. The van der Waals surface area contributed by atoms with Crippen molar-refractivity contribution >= 4 is 23.0 Å². The van der Waals surface area contributed by atoms with Crippen molar-refractivity contribution < 1.29 is 9.53 Å². The van der Waals surface area contributed by atoms with E-state index >= 15 is 0 Å². The first kappa shape index (κ1) is 18.9. The van der Waals surface area contributed by atoms with Crippen molar-refractivity contribution in [3.8, 4) is 11.4 Å². The second-order valence-corrected chi connectivity index (χ2v) is 6.17. The Hall–Kier alpha value is -4.40. The summed E-state index contributed by atoms with van der Waals surface area (Å²) in [7, 11) is 0. The molecule has 0 radical (unpaired) electrons. The number of nitrogens with zero attached hydrogens (tertiary/aromatic N) is 6. The minimum Gasteiger partial charge on any atom is -0.484 e. The van der Waals surface area contributed by atoms with Crippen LogP contribution in [0.25, 0.3) is 5.69 Å². The lowest BCUT2D eigenvalue weighted by Gasteiger charge is -2.08. The highest BCUT2D eigenvalue weighted by molar-refractivity contribution is 5.92. The first-order valence-corrected chi connectivity index (χ1v) is 9.09. The second kappa shape index (κ2) is 9.20. The number of benzene rings is 3. The molecule has 0 spiro atoms. The molecule has 30 heavy (non-hydrogen) atoms. The van der Waals surface area contributed by atoms with Crippen LogP contribution in [0.1, 0.15) is 0 Å². The van der Waals surface area contributed by atoms with Gasteiger partial charge in [-0.1, -0.05) is 24.3 Å². The number of hydrogen-bond donors (Lipinski definition) is 1. The minimum atomic E-state index is -0.276. The Bertz CT molecular complexity index is 1130. The zero-order valence-electron chi connectivity index (χ0n) is 15.8. The van der Waals surface area contributed by atoms with Gasteiger partial charge < -0.3 is 10.1 Å². The maximum atomic E-state index is 12.2. The number of hydrogen-bond acceptors (Lipinski definition) is 7. The number of tetrazole rings is 1. The Balaban J connectivity index is 1.30. The van der Waals surface area contributed by atoms with Crippen molar-refractivity contribution in [2.75, 3.05) is 11.9 Å². The standard InChI is InChI=1S/C21H17N7O2/c29-21(14-30-20-8-4-7-19(13-20)28-15-22-26-27-28)23-16-9-11-18(12-10-16)25-24-17-5-2-1-3-6-17/h1-13,15H,14H2,(H,23,29). The third-order valence-corrected chi connectivity index (χ3v) is 3.99. The van der Waals surface area contributed by atoms with Gasteiger partial charge in [0.25, 0.3) is 5.91 Å². The van der Waals surface area contributed by atoms with Crippen LogP contribution in [0.4, 0.5) is 17.1 Å². The van der Waals surface area contributed by atoms with Crippen LogP contribution in [0, 0.1) is 0 Å². The van der Waals surface area contributed by atoms with E-state index in [1.807, 2.05) is 36.4 Å². The van der Waals surface area contributed by atoms with E-state index in [1.165, 1.54) is 11.0 Å². The van der Waals surface area contributed by atoms with Crippen LogP contribution >= 0.6 is 0 Å². The van der Waals surface area contributed by atoms with Gasteiger partial charge in [-0.15, -0.1) is 5.10 Å². The topological polar surface area (TPSA) is 107 Å². The molecule has 0 unspecified atom stereocenters. The van der Waals surface area contributed by atoms with E-state index in [1.54, 1.807) is 42.5 Å². The number of ether oxygens (including phenoxy) is 1. The first-order chi connectivity index (χ1) is 14.8. The molecule has 4 aromatic rings. The van der Waals surface area contributed by atoms with Gasteiger partial charge in [0, 0.05) is 11.8 Å². The molecule has 1 heterocycles. The lowest BCUT2D eigenvalue weighted by Crippen LogP contribution is -2.20. The average Bonchev–Trinajstić information content (AvgIpc) is 3.33. The summed E-state index contributed by atoms with van der Waals surface area (Å²) in [6.45, 7) is -0.130. The molecule has 1 N–H and O–H groups in total. The van der Waals surface area contributed by atoms with E-state index in [2.05, 4.69) is 31.1 Å². The summed E-state index contributed by atoms with van der Waals surface area (Å²) in [4.78, 5) is 12.2. The van der Waals surface area contributed by atoms with Crippen LogP contribution in [-0.4, -0.2) is 32.7 Å². The van der Waals surface area contributed by atoms with E-state index in [-0.39, 0.29) is 12.5 Å². The molecular formula is C21H17N7O2. The molecule has 3 aromatic carbocycles. The Morgan fingerprint density at radius 1 is 0.933 bits per heavy atom. The highest BCUT2D eigenvalue weighted by Crippen LogP contribution is 2.20. The van der Waals surface area contributed by atoms with Crippen LogP contribution in [0.15, 0.2) is 95.4 Å². The fraction of sp³-hybridized carbons (Fsp3) is 0.0476. The zero-order valence-corrected chi connectivity index (χ0v) is 15.8. The van der Waals surface area contributed by atoms with Crippen LogP contribution in [0.3, 0.4) is 0 Å². The highest BCUT2D eigenvalue weighted by Gasteiger charge is 2.06. The van der Waals surface area contributed by atoms with Gasteiger partial charge >= 0.3 is 0 Å². The smallest absolute Gasteiger partial charge is 0.262 e. The summed E-state index contributed by atoms with van der Waals surface area (Å²) >= 11 is 0. The van der Waals surface area contributed by atoms with Crippen LogP contribution < -0.4 is 10.1 Å². The van der Waals surface area contributed by atoms with Crippen molar-refractivity contribution in [3.63, 3.8) is 0 Å². The fourth-order valence-electron chi connectivity index (χ4n) is 2.56. The molecule has 0 atom stereocenters. The molecule has 0 aliphatic rings. The van der Waals surface area contributed by atoms with Crippen molar-refractivity contribution in [2.45, 2.75) is 0 Å². The lowest BCUT2D eigenvalue weighted by atomic mass is 10.3. The third kappa shape index (κ3) is 5.10. The van der Waals surface area contributed by atoms with E-state index in [0.717, 1.165) is 11.4 Å². The normalized spacial score (nSPS) is 10.8. The van der Waals surface area contributed by atoms with Crippen LogP contribution in [-0.2, 0) is 4.79 Å². The quantitative estimate of drug-likeness (QED) is 0.471. The predicted molar refractivity (Wildman–Crippen MR) is 110 cm³/mol. The van der Waals surface area contributed by atoms with Crippen molar-refractivity contribution in [1.82, 2.24) is 20.2 Å². The molecule has 1 aromatic heterocycles. The maximum Gasteiger partial charge on any atom is 0.262 e. The van der Waals surface area contributed by atoms with E-state index in [9.17, 15) is 4.79 Å². The Kier molecular flexibility index (Phi) is 5.81. The van der Waals surface area contributed by atoms with Gasteiger partial charge in [0.15, 0.2) is 6.61 Å². The zero-order chi connectivity index (χ0) is 20.6. The summed E-state index contributed by atoms with van der Waals surface area (Å²) in [5.74, 6) is 0.260. The van der Waals surface area contributed by atoms with Crippen molar-refractivity contribution in [3.05, 3.63) is 85.2 Å². The van der Waals surface area contributed by atoms with Gasteiger partial charge in [0.05, 0.1) is 17.1 Å². The Morgan fingerprint density at radius 2 is 1.70 bits per heavy atom. The number of aromatic nitrogens is 4. The van der Waals surface area contributed by atoms with Gasteiger partial charge in [-0.2, -0.15) is 10.2 Å². The summed E-state index contributed by atoms with van der Waals surface area (Å²) in [6, 6.07) is 23.7. The summed E-state index contributed by atoms with van der Waals surface area (Å²) in [5.41, 5.74) is 2.84. The lowest BCUT2D eigenvalue weighted by molar-refractivity contribution is -0.118. The maximum absolute atomic E-state index is 12.2. The summed E-state index contributed by atoms with van der Waals surface area (Å²) in [5, 5.41) is 22.1. The number of rotatable bonds is 7. The molecule has 148 valence electrons. The highest BCUT2D eigenvalue weighted by atomic mass is 16.5. The van der Waals surface area contributed by atoms with Crippen molar-refractivity contribution in [2.24, 2.45) is 10.2 Å². The number of nitrogens with one attached hydrogen (secondary N) is 1. The second-order valence-electron chi connectivity index (χ2n) is 6.17. The Labute approximate surface area is 172 Å². The molecule has 9 nitrogen and oxygen atoms in total. The molecule has 0 aliphatic carbocycles. The van der Waals surface area contributed by atoms with Crippen LogP contribution in [0.5, 0.6) is 5.75 Å². The fourth-order valence-corrected chi connectivity index (χ4v) is 2.56. The average molecular weight is 399 g/mol. The molecule has 0 saturated heterocycles. The van der Waals surface area contributed by atoms with E-state index in [0.29, 0.717) is 17.1 Å².